The van der Waals surface area contributed by atoms with Crippen molar-refractivity contribution in [2.24, 2.45) is 5.41 Å². The van der Waals surface area contributed by atoms with Gasteiger partial charge in [-0.3, -0.25) is 0 Å². The van der Waals surface area contributed by atoms with Crippen molar-refractivity contribution in [1.29, 1.82) is 0 Å². The second-order valence-electron chi connectivity index (χ2n) is 6.59. The first kappa shape index (κ1) is 16.0. The zero-order valence-electron chi connectivity index (χ0n) is 13.4. The molecule has 1 atom stereocenters. The van der Waals surface area contributed by atoms with E-state index < -0.39 is 0 Å². The fourth-order valence-electron chi connectivity index (χ4n) is 3.13. The standard InChI is InChI=1S/C18H27NO2/c1-14(19-13-18(2)11-5-4-6-12-18)15-7-9-16(10-8-15)17(20)21-3/h7-10,14,19H,4-6,11-13H2,1-3H3/t14-/m1/s1. The number of nitrogens with one attached hydrogen (secondary N) is 1. The third kappa shape index (κ3) is 4.31. The van der Waals surface area contributed by atoms with E-state index in [2.05, 4.69) is 19.2 Å². The smallest absolute Gasteiger partial charge is 0.337 e. The molecule has 0 radical (unpaired) electrons. The van der Waals surface area contributed by atoms with Crippen molar-refractivity contribution < 1.29 is 9.53 Å². The summed E-state index contributed by atoms with van der Waals surface area (Å²) in [5.74, 6) is -0.281. The summed E-state index contributed by atoms with van der Waals surface area (Å²) in [5.41, 5.74) is 2.26. The lowest BCUT2D eigenvalue weighted by Crippen LogP contribution is -2.34. The van der Waals surface area contributed by atoms with Gasteiger partial charge in [0.15, 0.2) is 0 Å². The Balaban J connectivity index is 1.90. The minimum atomic E-state index is -0.281. The number of carbonyl (C=O) groups excluding carboxylic acids is 1. The summed E-state index contributed by atoms with van der Waals surface area (Å²) in [6.45, 7) is 5.64. The van der Waals surface area contributed by atoms with E-state index in [1.807, 2.05) is 24.3 Å². The van der Waals surface area contributed by atoms with Gasteiger partial charge in [-0.1, -0.05) is 38.3 Å². The molecule has 1 fully saturated rings. The second kappa shape index (κ2) is 7.08. The molecule has 0 unspecified atom stereocenters. The molecule has 0 bridgehead atoms. The molecule has 3 nitrogen and oxygen atoms in total. The Morgan fingerprint density at radius 1 is 1.24 bits per heavy atom. The minimum Gasteiger partial charge on any atom is -0.465 e. The summed E-state index contributed by atoms with van der Waals surface area (Å²) < 4.78 is 4.72. The Bertz CT molecular complexity index is 461. The second-order valence-corrected chi connectivity index (χ2v) is 6.59. The van der Waals surface area contributed by atoms with Crippen LogP contribution in [-0.2, 0) is 4.74 Å². The van der Waals surface area contributed by atoms with Gasteiger partial charge in [-0.2, -0.15) is 0 Å². The van der Waals surface area contributed by atoms with E-state index in [-0.39, 0.29) is 5.97 Å². The molecule has 0 heterocycles. The van der Waals surface area contributed by atoms with Crippen LogP contribution in [0.1, 0.15) is 67.9 Å². The van der Waals surface area contributed by atoms with Crippen molar-refractivity contribution in [2.75, 3.05) is 13.7 Å². The highest BCUT2D eigenvalue weighted by Crippen LogP contribution is 2.35. The number of methoxy groups -OCH3 is 1. The Hall–Kier alpha value is -1.35. The van der Waals surface area contributed by atoms with Gasteiger partial charge < -0.3 is 10.1 Å². The summed E-state index contributed by atoms with van der Waals surface area (Å²) >= 11 is 0. The fourth-order valence-corrected chi connectivity index (χ4v) is 3.13. The molecule has 1 saturated carbocycles. The number of ether oxygens (including phenoxy) is 1. The molecule has 21 heavy (non-hydrogen) atoms. The molecule has 0 aliphatic heterocycles. The van der Waals surface area contributed by atoms with Crippen LogP contribution in [0.3, 0.4) is 0 Å². The molecule has 3 heteroatoms. The molecule has 0 aromatic heterocycles. The van der Waals surface area contributed by atoms with E-state index in [1.165, 1.54) is 44.8 Å². The summed E-state index contributed by atoms with van der Waals surface area (Å²) in [6.07, 6.45) is 6.77. The van der Waals surface area contributed by atoms with Crippen LogP contribution >= 0.6 is 0 Å². The third-order valence-corrected chi connectivity index (χ3v) is 4.73. The Morgan fingerprint density at radius 3 is 2.43 bits per heavy atom. The van der Waals surface area contributed by atoms with Crippen LogP contribution in [0.2, 0.25) is 0 Å². The first-order chi connectivity index (χ1) is 10.0. The number of hydrogen-bond donors (Lipinski definition) is 1. The van der Waals surface area contributed by atoms with Crippen molar-refractivity contribution in [1.82, 2.24) is 5.32 Å². The van der Waals surface area contributed by atoms with Crippen molar-refractivity contribution in [2.45, 2.75) is 52.0 Å². The molecule has 1 aliphatic carbocycles. The highest BCUT2D eigenvalue weighted by molar-refractivity contribution is 5.89. The molecule has 2 rings (SSSR count). The Morgan fingerprint density at radius 2 is 1.86 bits per heavy atom. The van der Waals surface area contributed by atoms with E-state index >= 15 is 0 Å². The molecular weight excluding hydrogens is 262 g/mol. The van der Waals surface area contributed by atoms with Crippen LogP contribution in [-0.4, -0.2) is 19.6 Å². The van der Waals surface area contributed by atoms with Crippen LogP contribution < -0.4 is 5.32 Å². The van der Waals surface area contributed by atoms with Crippen LogP contribution in [0.5, 0.6) is 0 Å². The number of carbonyl (C=O) groups is 1. The number of rotatable bonds is 5. The predicted molar refractivity (Wildman–Crippen MR) is 85.4 cm³/mol. The Labute approximate surface area is 128 Å². The molecule has 0 saturated heterocycles. The van der Waals surface area contributed by atoms with Gasteiger partial charge in [-0.15, -0.1) is 0 Å². The largest absolute Gasteiger partial charge is 0.465 e. The predicted octanol–water partition coefficient (Wildman–Crippen LogP) is 4.09. The van der Waals surface area contributed by atoms with Crippen molar-refractivity contribution >= 4 is 5.97 Å². The summed E-state index contributed by atoms with van der Waals surface area (Å²) in [7, 11) is 1.41. The van der Waals surface area contributed by atoms with E-state index in [9.17, 15) is 4.79 Å². The zero-order chi connectivity index (χ0) is 15.3. The maximum absolute atomic E-state index is 11.4. The van der Waals surface area contributed by atoms with Gasteiger partial charge in [0, 0.05) is 12.6 Å². The minimum absolute atomic E-state index is 0.281. The van der Waals surface area contributed by atoms with Crippen molar-refractivity contribution in [3.05, 3.63) is 35.4 Å². The van der Waals surface area contributed by atoms with Gasteiger partial charge in [0.2, 0.25) is 0 Å². The lowest BCUT2D eigenvalue weighted by Gasteiger charge is -2.35. The lowest BCUT2D eigenvalue weighted by molar-refractivity contribution is 0.0600. The Kier molecular flexibility index (Phi) is 5.40. The van der Waals surface area contributed by atoms with Crippen molar-refractivity contribution in [3.63, 3.8) is 0 Å². The number of benzene rings is 1. The van der Waals surface area contributed by atoms with Gasteiger partial charge in [0.25, 0.3) is 0 Å². The third-order valence-electron chi connectivity index (χ3n) is 4.73. The van der Waals surface area contributed by atoms with Gasteiger partial charge >= 0.3 is 5.97 Å². The molecule has 1 N–H and O–H groups in total. The van der Waals surface area contributed by atoms with E-state index in [0.717, 1.165) is 6.54 Å². The summed E-state index contributed by atoms with van der Waals surface area (Å²) in [4.78, 5) is 11.4. The lowest BCUT2D eigenvalue weighted by atomic mass is 9.75. The van der Waals surface area contributed by atoms with Crippen LogP contribution in [0, 0.1) is 5.41 Å². The number of esters is 1. The molecule has 1 aromatic rings. The molecule has 0 amide bonds. The molecule has 0 spiro atoms. The first-order valence-electron chi connectivity index (χ1n) is 7.96. The van der Waals surface area contributed by atoms with Crippen LogP contribution in [0.4, 0.5) is 0 Å². The van der Waals surface area contributed by atoms with Gasteiger partial charge in [-0.05, 0) is 42.9 Å². The topological polar surface area (TPSA) is 38.3 Å². The van der Waals surface area contributed by atoms with Crippen LogP contribution in [0.15, 0.2) is 24.3 Å². The van der Waals surface area contributed by atoms with Crippen molar-refractivity contribution in [3.8, 4) is 0 Å². The summed E-state index contributed by atoms with van der Waals surface area (Å²) in [5, 5.41) is 3.66. The monoisotopic (exact) mass is 289 g/mol. The summed E-state index contributed by atoms with van der Waals surface area (Å²) in [6, 6.07) is 7.99. The van der Waals surface area contributed by atoms with Gasteiger partial charge in [0.1, 0.15) is 0 Å². The zero-order valence-corrected chi connectivity index (χ0v) is 13.4. The first-order valence-corrected chi connectivity index (χ1v) is 7.96. The maximum Gasteiger partial charge on any atom is 0.337 e. The fraction of sp³-hybridized carbons (Fsp3) is 0.611. The molecular formula is C18H27NO2. The normalized spacial score (nSPS) is 19.0. The van der Waals surface area contributed by atoms with E-state index in [1.54, 1.807) is 0 Å². The molecule has 1 aliphatic rings. The maximum atomic E-state index is 11.4. The van der Waals surface area contributed by atoms with E-state index in [0.29, 0.717) is 17.0 Å². The quantitative estimate of drug-likeness (QED) is 0.830. The number of hydrogen-bond acceptors (Lipinski definition) is 3. The van der Waals surface area contributed by atoms with Gasteiger partial charge in [-0.25, -0.2) is 4.79 Å². The average Bonchev–Trinajstić information content (AvgIpc) is 2.53. The average molecular weight is 289 g/mol. The highest BCUT2D eigenvalue weighted by Gasteiger charge is 2.26. The van der Waals surface area contributed by atoms with Gasteiger partial charge in [0.05, 0.1) is 12.7 Å². The van der Waals surface area contributed by atoms with E-state index in [4.69, 9.17) is 4.74 Å². The SMILES string of the molecule is COC(=O)c1ccc([C@@H](C)NCC2(C)CCCCC2)cc1. The van der Waals surface area contributed by atoms with Crippen LogP contribution in [0.25, 0.3) is 0 Å². The highest BCUT2D eigenvalue weighted by atomic mass is 16.5. The molecule has 116 valence electrons. The molecule has 1 aromatic carbocycles.